The van der Waals surface area contributed by atoms with Crippen molar-refractivity contribution < 1.29 is 18.3 Å². The third kappa shape index (κ3) is 2.75. The largest absolute Gasteiger partial charge is 0.451 e. The van der Waals surface area contributed by atoms with Crippen LogP contribution in [-0.4, -0.2) is 6.29 Å². The Morgan fingerprint density at radius 1 is 1.11 bits per heavy atom. The van der Waals surface area contributed by atoms with Gasteiger partial charge in [-0.25, -0.2) is 8.78 Å². The molecule has 94 valence electrons. The van der Waals surface area contributed by atoms with Crippen LogP contribution in [0.2, 0.25) is 0 Å². The minimum absolute atomic E-state index is 0.126. The summed E-state index contributed by atoms with van der Waals surface area (Å²) < 4.78 is 32.2. The van der Waals surface area contributed by atoms with Crippen molar-refractivity contribution in [3.63, 3.8) is 0 Å². The summed E-state index contributed by atoms with van der Waals surface area (Å²) in [5.41, 5.74) is 0.298. The molecule has 0 saturated carbocycles. The predicted octanol–water partition coefficient (Wildman–Crippen LogP) is 3.44. The zero-order valence-electron chi connectivity index (χ0n) is 9.56. The maximum absolute atomic E-state index is 13.6. The van der Waals surface area contributed by atoms with E-state index in [1.54, 1.807) is 6.07 Å². The average Bonchev–Trinajstić information content (AvgIpc) is 2.43. The standard InChI is InChI=1S/C14H7F2NO2/c15-12-5-10(7-17)6-13(16)14(12)19-11-3-1-9(8-18)2-4-11/h1-6,8H. The summed E-state index contributed by atoms with van der Waals surface area (Å²) in [6.45, 7) is 0. The van der Waals surface area contributed by atoms with Gasteiger partial charge in [0.1, 0.15) is 12.0 Å². The minimum atomic E-state index is -0.962. The number of nitriles is 1. The molecule has 0 aliphatic rings. The molecule has 0 heterocycles. The second kappa shape index (κ2) is 5.27. The summed E-state index contributed by atoms with van der Waals surface area (Å²) in [4.78, 5) is 10.5. The Bertz CT molecular complexity index is 637. The molecule has 0 aliphatic heterocycles. The summed E-state index contributed by atoms with van der Waals surface area (Å²) in [5.74, 6) is -2.32. The number of hydrogen-bond donors (Lipinski definition) is 0. The van der Waals surface area contributed by atoms with Gasteiger partial charge in [-0.3, -0.25) is 4.79 Å². The molecular formula is C14H7F2NO2. The molecule has 0 aromatic heterocycles. The molecule has 2 aromatic rings. The number of halogens is 2. The van der Waals surface area contributed by atoms with Gasteiger partial charge in [0.15, 0.2) is 17.4 Å². The zero-order chi connectivity index (χ0) is 13.8. The number of aldehydes is 1. The van der Waals surface area contributed by atoms with E-state index in [-0.39, 0.29) is 11.3 Å². The molecule has 0 unspecified atom stereocenters. The highest BCUT2D eigenvalue weighted by atomic mass is 19.1. The SMILES string of the molecule is N#Cc1cc(F)c(Oc2ccc(C=O)cc2)c(F)c1. The monoisotopic (exact) mass is 259 g/mol. The van der Waals surface area contributed by atoms with Crippen LogP contribution in [0.1, 0.15) is 15.9 Å². The molecule has 0 fully saturated rings. The van der Waals surface area contributed by atoms with Crippen LogP contribution in [0.4, 0.5) is 8.78 Å². The summed E-state index contributed by atoms with van der Waals surface area (Å²) in [7, 11) is 0. The summed E-state index contributed by atoms with van der Waals surface area (Å²) >= 11 is 0. The molecule has 0 spiro atoms. The molecule has 19 heavy (non-hydrogen) atoms. The maximum atomic E-state index is 13.6. The second-order valence-corrected chi connectivity index (χ2v) is 3.67. The highest BCUT2D eigenvalue weighted by molar-refractivity contribution is 5.74. The van der Waals surface area contributed by atoms with Crippen LogP contribution in [0, 0.1) is 23.0 Å². The van der Waals surface area contributed by atoms with Crippen molar-refractivity contribution in [1.82, 2.24) is 0 Å². The lowest BCUT2D eigenvalue weighted by atomic mass is 10.2. The Kier molecular flexibility index (Phi) is 3.53. The first kappa shape index (κ1) is 12.7. The van der Waals surface area contributed by atoms with E-state index in [1.165, 1.54) is 24.3 Å². The van der Waals surface area contributed by atoms with E-state index >= 15 is 0 Å². The Morgan fingerprint density at radius 2 is 1.68 bits per heavy atom. The van der Waals surface area contributed by atoms with Gasteiger partial charge < -0.3 is 4.74 Å². The maximum Gasteiger partial charge on any atom is 0.198 e. The molecule has 0 atom stereocenters. The molecule has 2 aromatic carbocycles. The minimum Gasteiger partial charge on any atom is -0.451 e. The zero-order valence-corrected chi connectivity index (χ0v) is 9.56. The Hall–Kier alpha value is -2.74. The number of rotatable bonds is 3. The van der Waals surface area contributed by atoms with E-state index in [4.69, 9.17) is 10.00 Å². The van der Waals surface area contributed by atoms with Gasteiger partial charge in [0, 0.05) is 5.56 Å². The smallest absolute Gasteiger partial charge is 0.198 e. The van der Waals surface area contributed by atoms with Crippen LogP contribution >= 0.6 is 0 Å². The highest BCUT2D eigenvalue weighted by Crippen LogP contribution is 2.28. The lowest BCUT2D eigenvalue weighted by molar-refractivity contribution is 0.112. The van der Waals surface area contributed by atoms with E-state index in [0.29, 0.717) is 11.8 Å². The van der Waals surface area contributed by atoms with Crippen molar-refractivity contribution >= 4 is 6.29 Å². The van der Waals surface area contributed by atoms with Gasteiger partial charge in [0.25, 0.3) is 0 Å². The van der Waals surface area contributed by atoms with Gasteiger partial charge >= 0.3 is 0 Å². The van der Waals surface area contributed by atoms with Crippen molar-refractivity contribution in [2.24, 2.45) is 0 Å². The van der Waals surface area contributed by atoms with E-state index in [1.807, 2.05) is 0 Å². The Balaban J connectivity index is 2.32. The first-order chi connectivity index (χ1) is 9.13. The Morgan fingerprint density at radius 3 is 2.16 bits per heavy atom. The Labute approximate surface area is 107 Å². The second-order valence-electron chi connectivity index (χ2n) is 3.67. The van der Waals surface area contributed by atoms with Crippen LogP contribution in [0.5, 0.6) is 11.5 Å². The molecule has 0 aliphatic carbocycles. The number of carbonyl (C=O) groups excluding carboxylic acids is 1. The van der Waals surface area contributed by atoms with Gasteiger partial charge in [0.05, 0.1) is 11.6 Å². The normalized spacial score (nSPS) is 9.74. The molecule has 0 saturated heterocycles. The molecule has 0 N–H and O–H groups in total. The van der Waals surface area contributed by atoms with Crippen LogP contribution in [0.25, 0.3) is 0 Å². The number of ether oxygens (including phenoxy) is 1. The van der Waals surface area contributed by atoms with Gasteiger partial charge in [-0.2, -0.15) is 5.26 Å². The summed E-state index contributed by atoms with van der Waals surface area (Å²) in [5, 5.41) is 8.57. The first-order valence-electron chi connectivity index (χ1n) is 5.26. The van der Waals surface area contributed by atoms with Crippen molar-refractivity contribution in [1.29, 1.82) is 5.26 Å². The number of benzene rings is 2. The first-order valence-corrected chi connectivity index (χ1v) is 5.26. The summed E-state index contributed by atoms with van der Waals surface area (Å²) in [6.07, 6.45) is 0.645. The van der Waals surface area contributed by atoms with Gasteiger partial charge in [-0.1, -0.05) is 0 Å². The van der Waals surface area contributed by atoms with E-state index in [9.17, 15) is 13.6 Å². The molecule has 2 rings (SSSR count). The van der Waals surface area contributed by atoms with Crippen molar-refractivity contribution in [2.45, 2.75) is 0 Å². The number of carbonyl (C=O) groups is 1. The van der Waals surface area contributed by atoms with Crippen LogP contribution in [-0.2, 0) is 0 Å². The van der Waals surface area contributed by atoms with E-state index < -0.39 is 17.4 Å². The molecular weight excluding hydrogens is 252 g/mol. The molecule has 0 radical (unpaired) electrons. The lowest BCUT2D eigenvalue weighted by Crippen LogP contribution is -1.94. The van der Waals surface area contributed by atoms with Crippen LogP contribution in [0.3, 0.4) is 0 Å². The van der Waals surface area contributed by atoms with Gasteiger partial charge in [0.2, 0.25) is 0 Å². The number of nitrogens with zero attached hydrogens (tertiary/aromatic N) is 1. The molecule has 5 heteroatoms. The van der Waals surface area contributed by atoms with Gasteiger partial charge in [-0.15, -0.1) is 0 Å². The number of hydrogen-bond acceptors (Lipinski definition) is 3. The van der Waals surface area contributed by atoms with E-state index in [0.717, 1.165) is 12.1 Å². The molecule has 0 amide bonds. The van der Waals surface area contributed by atoms with Crippen molar-refractivity contribution in [3.05, 3.63) is 59.2 Å². The fourth-order valence-corrected chi connectivity index (χ4v) is 1.45. The topological polar surface area (TPSA) is 50.1 Å². The average molecular weight is 259 g/mol. The quantitative estimate of drug-likeness (QED) is 0.793. The highest BCUT2D eigenvalue weighted by Gasteiger charge is 2.13. The van der Waals surface area contributed by atoms with Crippen LogP contribution in [0.15, 0.2) is 36.4 Å². The lowest BCUT2D eigenvalue weighted by Gasteiger charge is -2.08. The van der Waals surface area contributed by atoms with Crippen molar-refractivity contribution in [2.75, 3.05) is 0 Å². The fourth-order valence-electron chi connectivity index (χ4n) is 1.45. The van der Waals surface area contributed by atoms with Crippen molar-refractivity contribution in [3.8, 4) is 17.6 Å². The summed E-state index contributed by atoms with van der Waals surface area (Å²) in [6, 6.07) is 9.17. The predicted molar refractivity (Wildman–Crippen MR) is 63.0 cm³/mol. The third-order valence-corrected chi connectivity index (χ3v) is 2.36. The molecule has 3 nitrogen and oxygen atoms in total. The van der Waals surface area contributed by atoms with Gasteiger partial charge in [-0.05, 0) is 36.4 Å². The molecule has 0 bridgehead atoms. The van der Waals surface area contributed by atoms with E-state index in [2.05, 4.69) is 0 Å². The third-order valence-electron chi connectivity index (χ3n) is 2.36. The fraction of sp³-hybridized carbons (Fsp3) is 0. The van der Waals surface area contributed by atoms with Crippen LogP contribution < -0.4 is 4.74 Å².